The average Bonchev–Trinajstić information content (AvgIpc) is 2.82. The molecule has 0 radical (unpaired) electrons. The Hall–Kier alpha value is -1.56. The van der Waals surface area contributed by atoms with Gasteiger partial charge in [0, 0.05) is 32.2 Å². The predicted octanol–water partition coefficient (Wildman–Crippen LogP) is 3.45. The number of hydrogen-bond donors (Lipinski definition) is 0. The Bertz CT molecular complexity index is 554. The second kappa shape index (κ2) is 7.13. The summed E-state index contributed by atoms with van der Waals surface area (Å²) < 4.78 is 10.6. The molecule has 24 heavy (non-hydrogen) atoms. The highest BCUT2D eigenvalue weighted by Gasteiger charge is 2.34. The molecule has 0 atom stereocenters. The molecular formula is C18H31N3O3. The van der Waals surface area contributed by atoms with Gasteiger partial charge in [0.1, 0.15) is 11.4 Å². The van der Waals surface area contributed by atoms with Crippen LogP contribution in [0.4, 0.5) is 4.79 Å². The van der Waals surface area contributed by atoms with Crippen LogP contribution in [0.25, 0.3) is 0 Å². The second-order valence-electron chi connectivity index (χ2n) is 8.38. The molecule has 0 unspecified atom stereocenters. The molecular weight excluding hydrogens is 306 g/mol. The zero-order valence-electron chi connectivity index (χ0n) is 15.9. The van der Waals surface area contributed by atoms with Crippen LogP contribution in [0.5, 0.6) is 0 Å². The van der Waals surface area contributed by atoms with Gasteiger partial charge in [-0.15, -0.1) is 0 Å². The van der Waals surface area contributed by atoms with Crippen molar-refractivity contribution in [2.24, 2.45) is 5.41 Å². The van der Waals surface area contributed by atoms with Crippen molar-refractivity contribution in [1.82, 2.24) is 15.0 Å². The third-order valence-electron chi connectivity index (χ3n) is 4.38. The van der Waals surface area contributed by atoms with Gasteiger partial charge in [0.25, 0.3) is 0 Å². The summed E-state index contributed by atoms with van der Waals surface area (Å²) in [5.41, 5.74) is 0.726. The lowest BCUT2D eigenvalue weighted by atomic mass is 9.80. The highest BCUT2D eigenvalue weighted by atomic mass is 16.6. The summed E-state index contributed by atoms with van der Waals surface area (Å²) in [6, 6.07) is 1.98. The minimum absolute atomic E-state index is 0.198. The van der Waals surface area contributed by atoms with Crippen molar-refractivity contribution in [3.63, 3.8) is 0 Å². The Kier molecular flexibility index (Phi) is 5.58. The first kappa shape index (κ1) is 18.8. The van der Waals surface area contributed by atoms with E-state index in [1.807, 2.05) is 38.7 Å². The zero-order valence-corrected chi connectivity index (χ0v) is 15.9. The zero-order chi connectivity index (χ0) is 18.0. The smallest absolute Gasteiger partial charge is 0.410 e. The summed E-state index contributed by atoms with van der Waals surface area (Å²) in [6.07, 6.45) is 1.76. The fraction of sp³-hybridized carbons (Fsp3) is 0.778. The molecule has 0 aromatic carbocycles. The Labute approximate surface area is 145 Å². The van der Waals surface area contributed by atoms with Crippen molar-refractivity contribution in [3.8, 4) is 0 Å². The van der Waals surface area contributed by atoms with Gasteiger partial charge >= 0.3 is 6.09 Å². The van der Waals surface area contributed by atoms with Crippen LogP contribution in [0.3, 0.4) is 0 Å². The first-order valence-electron chi connectivity index (χ1n) is 8.65. The van der Waals surface area contributed by atoms with Crippen molar-refractivity contribution >= 4 is 6.09 Å². The average molecular weight is 337 g/mol. The van der Waals surface area contributed by atoms with Crippen LogP contribution < -0.4 is 0 Å². The van der Waals surface area contributed by atoms with Gasteiger partial charge < -0.3 is 14.2 Å². The number of carbonyl (C=O) groups excluding carboxylic acids is 1. The fourth-order valence-corrected chi connectivity index (χ4v) is 3.19. The molecule has 6 heteroatoms. The maximum atomic E-state index is 12.2. The molecule has 1 amide bonds. The molecule has 0 aliphatic carbocycles. The molecule has 1 aromatic rings. The van der Waals surface area contributed by atoms with E-state index in [0.717, 1.165) is 50.5 Å². The maximum absolute atomic E-state index is 12.2. The number of piperidine rings is 1. The standard InChI is InChI=1S/C18H31N3O3/c1-14-11-15(19-24-14)12-20(6)13-18(5)7-9-21(10-8-18)16(22)23-17(2,3)4/h11H,7-10,12-13H2,1-6H3. The van der Waals surface area contributed by atoms with Crippen molar-refractivity contribution in [1.29, 1.82) is 0 Å². The molecule has 2 rings (SSSR count). The molecule has 1 aliphatic rings. The lowest BCUT2D eigenvalue weighted by Gasteiger charge is -2.41. The molecule has 6 nitrogen and oxygen atoms in total. The molecule has 1 fully saturated rings. The number of hydrogen-bond acceptors (Lipinski definition) is 5. The van der Waals surface area contributed by atoms with Crippen molar-refractivity contribution in [2.75, 3.05) is 26.7 Å². The highest BCUT2D eigenvalue weighted by Crippen LogP contribution is 2.32. The number of carbonyl (C=O) groups is 1. The molecule has 1 saturated heterocycles. The van der Waals surface area contributed by atoms with Crippen LogP contribution in [-0.4, -0.2) is 53.3 Å². The van der Waals surface area contributed by atoms with Gasteiger partial charge in [-0.2, -0.15) is 0 Å². The molecule has 136 valence electrons. The quantitative estimate of drug-likeness (QED) is 0.842. The molecule has 0 bridgehead atoms. The van der Waals surface area contributed by atoms with Crippen LogP contribution >= 0.6 is 0 Å². The maximum Gasteiger partial charge on any atom is 0.410 e. The fourth-order valence-electron chi connectivity index (χ4n) is 3.19. The van der Waals surface area contributed by atoms with E-state index in [1.165, 1.54) is 0 Å². The number of aromatic nitrogens is 1. The Morgan fingerprint density at radius 2 is 2.04 bits per heavy atom. The monoisotopic (exact) mass is 337 g/mol. The molecule has 0 N–H and O–H groups in total. The highest BCUT2D eigenvalue weighted by molar-refractivity contribution is 5.68. The molecule has 0 saturated carbocycles. The van der Waals surface area contributed by atoms with Crippen LogP contribution in [0, 0.1) is 12.3 Å². The number of rotatable bonds is 4. The van der Waals surface area contributed by atoms with Crippen molar-refractivity contribution in [2.45, 2.75) is 59.6 Å². The van der Waals surface area contributed by atoms with E-state index in [0.29, 0.717) is 0 Å². The molecule has 1 aliphatic heterocycles. The first-order chi connectivity index (χ1) is 11.1. The molecule has 2 heterocycles. The van der Waals surface area contributed by atoms with Crippen LogP contribution in [0.1, 0.15) is 52.0 Å². The lowest BCUT2D eigenvalue weighted by molar-refractivity contribution is 0.00822. The van der Waals surface area contributed by atoms with E-state index < -0.39 is 5.60 Å². The molecule has 0 spiro atoms. The van der Waals surface area contributed by atoms with Gasteiger partial charge in [-0.05, 0) is 53.0 Å². The largest absolute Gasteiger partial charge is 0.444 e. The van der Waals surface area contributed by atoms with E-state index >= 15 is 0 Å². The SMILES string of the molecule is Cc1cc(CN(C)CC2(C)CCN(C(=O)OC(C)(C)C)CC2)no1. The van der Waals surface area contributed by atoms with E-state index in [-0.39, 0.29) is 11.5 Å². The summed E-state index contributed by atoms with van der Waals surface area (Å²) >= 11 is 0. The van der Waals surface area contributed by atoms with Crippen LogP contribution in [-0.2, 0) is 11.3 Å². The van der Waals surface area contributed by atoms with Gasteiger partial charge in [0.2, 0.25) is 0 Å². The van der Waals surface area contributed by atoms with Gasteiger partial charge in [0.15, 0.2) is 0 Å². The first-order valence-corrected chi connectivity index (χ1v) is 8.65. The Morgan fingerprint density at radius 3 is 2.54 bits per heavy atom. The summed E-state index contributed by atoms with van der Waals surface area (Å²) in [6.45, 7) is 13.2. The topological polar surface area (TPSA) is 58.8 Å². The third kappa shape index (κ3) is 5.51. The normalized spacial score (nSPS) is 18.0. The molecule has 1 aromatic heterocycles. The number of ether oxygens (including phenoxy) is 1. The number of amides is 1. The lowest BCUT2D eigenvalue weighted by Crippen LogP contribution is -2.47. The predicted molar refractivity (Wildman–Crippen MR) is 92.7 cm³/mol. The van der Waals surface area contributed by atoms with Crippen LogP contribution in [0.15, 0.2) is 10.6 Å². The summed E-state index contributed by atoms with van der Waals surface area (Å²) in [4.78, 5) is 16.3. The van der Waals surface area contributed by atoms with Crippen molar-refractivity contribution in [3.05, 3.63) is 17.5 Å². The number of likely N-dealkylation sites (tertiary alicyclic amines) is 1. The summed E-state index contributed by atoms with van der Waals surface area (Å²) in [5.74, 6) is 0.843. The van der Waals surface area contributed by atoms with Crippen molar-refractivity contribution < 1.29 is 14.1 Å². The number of nitrogens with zero attached hydrogens (tertiary/aromatic N) is 3. The van der Waals surface area contributed by atoms with Gasteiger partial charge in [-0.25, -0.2) is 4.79 Å². The van der Waals surface area contributed by atoms with E-state index in [1.54, 1.807) is 0 Å². The van der Waals surface area contributed by atoms with E-state index in [9.17, 15) is 4.79 Å². The number of aryl methyl sites for hydroxylation is 1. The Morgan fingerprint density at radius 1 is 1.42 bits per heavy atom. The van der Waals surface area contributed by atoms with E-state index in [2.05, 4.69) is 24.0 Å². The minimum Gasteiger partial charge on any atom is -0.444 e. The van der Waals surface area contributed by atoms with Gasteiger partial charge in [0.05, 0.1) is 5.69 Å². The van der Waals surface area contributed by atoms with Gasteiger partial charge in [-0.3, -0.25) is 4.90 Å². The summed E-state index contributed by atoms with van der Waals surface area (Å²) in [7, 11) is 2.11. The Balaban J connectivity index is 1.82. The van der Waals surface area contributed by atoms with Gasteiger partial charge in [-0.1, -0.05) is 12.1 Å². The van der Waals surface area contributed by atoms with Crippen LogP contribution in [0.2, 0.25) is 0 Å². The van der Waals surface area contributed by atoms with E-state index in [4.69, 9.17) is 9.26 Å². The third-order valence-corrected chi connectivity index (χ3v) is 4.38. The minimum atomic E-state index is -0.437. The summed E-state index contributed by atoms with van der Waals surface area (Å²) in [5, 5.41) is 4.05. The second-order valence-corrected chi connectivity index (χ2v) is 8.38.